The molecule has 2 aliphatic heterocycles. The summed E-state index contributed by atoms with van der Waals surface area (Å²) < 4.78 is 32.3. The van der Waals surface area contributed by atoms with Crippen LogP contribution in [0.25, 0.3) is 11.3 Å². The Kier molecular flexibility index (Phi) is 11.1. The third-order valence-corrected chi connectivity index (χ3v) is 10.0. The van der Waals surface area contributed by atoms with Gasteiger partial charge in [-0.1, -0.05) is 30.3 Å². The number of anilines is 4. The van der Waals surface area contributed by atoms with Gasteiger partial charge in [0, 0.05) is 80.7 Å². The maximum Gasteiger partial charge on any atom is 0.251 e. The normalized spacial score (nSPS) is 13.6. The van der Waals surface area contributed by atoms with Gasteiger partial charge in [-0.05, 0) is 71.6 Å². The summed E-state index contributed by atoms with van der Waals surface area (Å²) in [5.41, 5.74) is 5.84. The molecule has 14 heteroatoms. The van der Waals surface area contributed by atoms with Gasteiger partial charge in [0.1, 0.15) is 23.1 Å². The molecule has 0 atom stereocenters. The molecule has 1 amide bonds. The minimum Gasteiger partial charge on any atom is -0.497 e. The summed E-state index contributed by atoms with van der Waals surface area (Å²) in [7, 11) is 3.30. The quantitative estimate of drug-likeness (QED) is 0.145. The van der Waals surface area contributed by atoms with E-state index in [1.54, 1.807) is 57.2 Å². The van der Waals surface area contributed by atoms with Crippen LogP contribution in [0.5, 0.6) is 11.5 Å². The fourth-order valence-corrected chi connectivity index (χ4v) is 6.98. The largest absolute Gasteiger partial charge is 0.497 e. The number of aromatic nitrogens is 5. The molecule has 13 nitrogen and oxygen atoms in total. The average Bonchev–Trinajstić information content (AvgIpc) is 3.70. The molecule has 0 aliphatic carbocycles. The van der Waals surface area contributed by atoms with Gasteiger partial charge in [0.15, 0.2) is 0 Å². The number of nitrogens with one attached hydrogen (secondary N) is 1. The number of hydrogen-bond acceptors (Lipinski definition) is 12. The smallest absolute Gasteiger partial charge is 0.251 e. The van der Waals surface area contributed by atoms with Crippen molar-refractivity contribution >= 4 is 29.3 Å². The average molecular weight is 768 g/mol. The molecular weight excluding hydrogens is 726 g/mol. The first-order valence-corrected chi connectivity index (χ1v) is 18.8. The number of methoxy groups -OCH3 is 2. The standard InChI is InChI=1S/C43H42FN9O4/c1-55-34-10-5-29(6-11-34)27-52(28-30-7-12-35(56-2)13-8-30)42-47-25-33(26-48-42)39-36-15-17-53(40(36)50-43(49-39)51-18-20-57-21-19-51)38-14-9-32(22-37(38)44)41(54)46-24-31-4-3-16-45-23-31/h3-14,16,22-23,25-26H,15,17-21,24,27-28H2,1-2H3,(H,46,54). The number of amides is 1. The number of halogens is 1. The van der Waals surface area contributed by atoms with E-state index in [1.165, 1.54) is 6.07 Å². The Labute approximate surface area is 330 Å². The van der Waals surface area contributed by atoms with Crippen molar-refractivity contribution in [1.29, 1.82) is 0 Å². The van der Waals surface area contributed by atoms with Crippen molar-refractivity contribution in [3.63, 3.8) is 0 Å². The Bertz CT molecular complexity index is 2260. The molecule has 2 aliphatic rings. The highest BCUT2D eigenvalue weighted by Gasteiger charge is 2.31. The van der Waals surface area contributed by atoms with E-state index >= 15 is 4.39 Å². The van der Waals surface area contributed by atoms with Crippen LogP contribution in [0.4, 0.5) is 27.8 Å². The zero-order valence-corrected chi connectivity index (χ0v) is 31.8. The number of hydrogen-bond donors (Lipinski definition) is 1. The Morgan fingerprint density at radius 3 is 2.14 bits per heavy atom. The van der Waals surface area contributed by atoms with Gasteiger partial charge < -0.3 is 34.2 Å². The second-order valence-electron chi connectivity index (χ2n) is 13.7. The summed E-state index contributed by atoms with van der Waals surface area (Å²) >= 11 is 0. The van der Waals surface area contributed by atoms with Gasteiger partial charge in [0.25, 0.3) is 5.91 Å². The molecule has 57 heavy (non-hydrogen) atoms. The van der Waals surface area contributed by atoms with E-state index < -0.39 is 5.82 Å². The lowest BCUT2D eigenvalue weighted by Gasteiger charge is -2.28. The number of rotatable bonds is 13. The third kappa shape index (κ3) is 8.45. The molecular formula is C43H42FN9O4. The van der Waals surface area contributed by atoms with Gasteiger partial charge in [-0.2, -0.15) is 4.98 Å². The Balaban J connectivity index is 1.09. The number of morpholine rings is 1. The Hall–Kier alpha value is -6.67. The minimum absolute atomic E-state index is 0.224. The van der Waals surface area contributed by atoms with Crippen molar-refractivity contribution in [3.8, 4) is 22.8 Å². The Morgan fingerprint density at radius 2 is 1.53 bits per heavy atom. The van der Waals surface area contributed by atoms with Crippen LogP contribution in [0.2, 0.25) is 0 Å². The van der Waals surface area contributed by atoms with E-state index in [9.17, 15) is 4.79 Å². The maximum atomic E-state index is 16.0. The van der Waals surface area contributed by atoms with Gasteiger partial charge in [-0.3, -0.25) is 9.78 Å². The predicted octanol–water partition coefficient (Wildman–Crippen LogP) is 6.15. The summed E-state index contributed by atoms with van der Waals surface area (Å²) in [6.45, 7) is 4.23. The monoisotopic (exact) mass is 767 g/mol. The first kappa shape index (κ1) is 37.3. The van der Waals surface area contributed by atoms with Crippen molar-refractivity contribution < 1.29 is 23.4 Å². The molecule has 290 valence electrons. The fraction of sp³-hybridized carbons (Fsp3) is 0.256. The van der Waals surface area contributed by atoms with Gasteiger partial charge >= 0.3 is 0 Å². The van der Waals surface area contributed by atoms with E-state index in [1.807, 2.05) is 59.5 Å². The van der Waals surface area contributed by atoms with E-state index in [2.05, 4.69) is 20.1 Å². The van der Waals surface area contributed by atoms with Crippen molar-refractivity contribution in [3.05, 3.63) is 137 Å². The zero-order chi connectivity index (χ0) is 39.1. The predicted molar refractivity (Wildman–Crippen MR) is 214 cm³/mol. The second kappa shape index (κ2) is 17.0. The minimum atomic E-state index is -0.522. The number of ether oxygens (including phenoxy) is 3. The van der Waals surface area contributed by atoms with E-state index in [0.29, 0.717) is 81.5 Å². The van der Waals surface area contributed by atoms with Gasteiger partial charge in [-0.25, -0.2) is 19.3 Å². The van der Waals surface area contributed by atoms with E-state index in [0.717, 1.165) is 39.3 Å². The van der Waals surface area contributed by atoms with Gasteiger partial charge in [0.2, 0.25) is 11.9 Å². The highest BCUT2D eigenvalue weighted by Crippen LogP contribution is 2.40. The molecule has 6 aromatic rings. The Morgan fingerprint density at radius 1 is 0.842 bits per heavy atom. The van der Waals surface area contributed by atoms with Gasteiger partial charge in [0.05, 0.1) is 38.8 Å². The zero-order valence-electron chi connectivity index (χ0n) is 31.8. The molecule has 0 spiro atoms. The molecule has 0 radical (unpaired) electrons. The molecule has 1 N–H and O–H groups in total. The highest BCUT2D eigenvalue weighted by atomic mass is 19.1. The first-order chi connectivity index (χ1) is 27.9. The number of carbonyl (C=O) groups is 1. The van der Waals surface area contributed by atoms with E-state index in [4.69, 9.17) is 34.1 Å². The van der Waals surface area contributed by atoms with Crippen molar-refractivity contribution in [1.82, 2.24) is 30.2 Å². The van der Waals surface area contributed by atoms with Crippen molar-refractivity contribution in [2.24, 2.45) is 0 Å². The summed E-state index contributed by atoms with van der Waals surface area (Å²) in [5, 5.41) is 2.84. The van der Waals surface area contributed by atoms with Crippen LogP contribution in [-0.2, 0) is 30.8 Å². The molecule has 0 bridgehead atoms. The second-order valence-corrected chi connectivity index (χ2v) is 13.7. The van der Waals surface area contributed by atoms with Crippen LogP contribution in [0.3, 0.4) is 0 Å². The van der Waals surface area contributed by atoms with Crippen molar-refractivity contribution in [2.45, 2.75) is 26.1 Å². The fourth-order valence-electron chi connectivity index (χ4n) is 6.98. The molecule has 8 rings (SSSR count). The van der Waals surface area contributed by atoms with Crippen LogP contribution in [0.15, 0.2) is 104 Å². The molecule has 1 fully saturated rings. The lowest BCUT2D eigenvalue weighted by Crippen LogP contribution is -2.37. The number of fused-ring (bicyclic) bond motifs is 1. The van der Waals surface area contributed by atoms with Crippen LogP contribution >= 0.6 is 0 Å². The third-order valence-electron chi connectivity index (χ3n) is 10.0. The SMILES string of the molecule is COc1ccc(CN(Cc2ccc(OC)cc2)c2ncc(-c3nc(N4CCOCC4)nc4c3CCN4c3ccc(C(=O)NCc4cccnc4)cc3F)cn2)cc1. The molecule has 1 saturated heterocycles. The highest BCUT2D eigenvalue weighted by molar-refractivity contribution is 5.94. The van der Waals surface area contributed by atoms with Crippen molar-refractivity contribution in [2.75, 3.05) is 61.8 Å². The summed E-state index contributed by atoms with van der Waals surface area (Å²) in [5.74, 6) is 2.36. The number of nitrogens with zero attached hydrogens (tertiary/aromatic N) is 8. The van der Waals surface area contributed by atoms with Crippen LogP contribution in [0, 0.1) is 5.82 Å². The van der Waals surface area contributed by atoms with E-state index in [-0.39, 0.29) is 18.0 Å². The molecule has 0 unspecified atom stereocenters. The van der Waals surface area contributed by atoms with Crippen LogP contribution in [0.1, 0.15) is 32.6 Å². The number of pyridine rings is 1. The number of carbonyl (C=O) groups excluding carboxylic acids is 1. The summed E-state index contributed by atoms with van der Waals surface area (Å²) in [6, 6.07) is 24.1. The molecule has 3 aromatic heterocycles. The molecule has 0 saturated carbocycles. The first-order valence-electron chi connectivity index (χ1n) is 18.8. The number of benzene rings is 3. The van der Waals surface area contributed by atoms with Gasteiger partial charge in [-0.15, -0.1) is 0 Å². The lowest BCUT2D eigenvalue weighted by atomic mass is 10.1. The molecule has 5 heterocycles. The van der Waals surface area contributed by atoms with Crippen LogP contribution in [-0.4, -0.2) is 77.9 Å². The topological polar surface area (TPSA) is 131 Å². The lowest BCUT2D eigenvalue weighted by molar-refractivity contribution is 0.0950. The maximum absolute atomic E-state index is 16.0. The summed E-state index contributed by atoms with van der Waals surface area (Å²) in [6.07, 6.45) is 7.52. The molecule has 3 aromatic carbocycles. The summed E-state index contributed by atoms with van der Waals surface area (Å²) in [4.78, 5) is 43.0. The van der Waals surface area contributed by atoms with Crippen LogP contribution < -0.4 is 29.5 Å².